The van der Waals surface area contributed by atoms with Crippen LogP contribution in [0.15, 0.2) is 23.7 Å². The molecule has 2 aromatic heterocycles. The number of hydrogen-bond donors (Lipinski definition) is 1. The lowest BCUT2D eigenvalue weighted by molar-refractivity contribution is 0.0627. The largest absolute Gasteiger partial charge is 0.336 e. The number of piperazine rings is 1. The van der Waals surface area contributed by atoms with Gasteiger partial charge in [0.1, 0.15) is 0 Å². The molecule has 122 valence electrons. The van der Waals surface area contributed by atoms with Crippen LogP contribution in [0.5, 0.6) is 0 Å². The number of carbonyl (C=O) groups excluding carboxylic acids is 1. The van der Waals surface area contributed by atoms with Gasteiger partial charge in [0.15, 0.2) is 0 Å². The molecule has 0 bridgehead atoms. The first-order valence-corrected chi connectivity index (χ1v) is 8.61. The third-order valence-electron chi connectivity index (χ3n) is 3.98. The van der Waals surface area contributed by atoms with Crippen LogP contribution in [0.4, 0.5) is 0 Å². The Kier molecular flexibility index (Phi) is 5.00. The lowest BCUT2D eigenvalue weighted by Crippen LogP contribution is -2.48. The normalized spacial score (nSPS) is 15.8. The summed E-state index contributed by atoms with van der Waals surface area (Å²) >= 11 is 1.68. The molecule has 2 N–H and O–H groups in total. The molecule has 6 nitrogen and oxygen atoms in total. The molecular weight excluding hydrogens is 310 g/mol. The first-order chi connectivity index (χ1) is 11.2. The van der Waals surface area contributed by atoms with Crippen molar-refractivity contribution in [2.24, 2.45) is 5.73 Å². The number of thiazole rings is 1. The number of hydrogen-bond acceptors (Lipinski definition) is 6. The number of aryl methyl sites for hydroxylation is 1. The molecule has 3 rings (SSSR count). The minimum absolute atomic E-state index is 0.0613. The zero-order valence-corrected chi connectivity index (χ0v) is 14.1. The van der Waals surface area contributed by atoms with Gasteiger partial charge in [0.05, 0.1) is 16.4 Å². The number of aromatic nitrogens is 2. The van der Waals surface area contributed by atoms with Crippen LogP contribution in [0.3, 0.4) is 0 Å². The van der Waals surface area contributed by atoms with Gasteiger partial charge in [0.2, 0.25) is 0 Å². The number of amides is 1. The number of rotatable bonds is 4. The maximum atomic E-state index is 12.6. The van der Waals surface area contributed by atoms with E-state index in [1.165, 1.54) is 0 Å². The highest BCUT2D eigenvalue weighted by Gasteiger charge is 2.22. The summed E-state index contributed by atoms with van der Waals surface area (Å²) in [5.41, 5.74) is 8.13. The molecule has 1 aliphatic rings. The Balaban J connectivity index is 1.56. The van der Waals surface area contributed by atoms with E-state index in [0.717, 1.165) is 49.1 Å². The molecular formula is C16H21N5OS. The molecule has 2 aromatic rings. The third kappa shape index (κ3) is 3.93. The first kappa shape index (κ1) is 16.0. The van der Waals surface area contributed by atoms with Gasteiger partial charge in [0, 0.05) is 56.4 Å². The maximum Gasteiger partial charge on any atom is 0.254 e. The van der Waals surface area contributed by atoms with Crippen LogP contribution >= 0.6 is 11.3 Å². The van der Waals surface area contributed by atoms with Gasteiger partial charge in [-0.25, -0.2) is 4.98 Å². The number of carbonyl (C=O) groups is 1. The molecule has 23 heavy (non-hydrogen) atoms. The van der Waals surface area contributed by atoms with Gasteiger partial charge in [-0.05, 0) is 19.1 Å². The average Bonchev–Trinajstić information content (AvgIpc) is 3.00. The Morgan fingerprint density at radius 1 is 1.30 bits per heavy atom. The van der Waals surface area contributed by atoms with Crippen LogP contribution < -0.4 is 5.73 Å². The molecule has 1 amide bonds. The second-order valence-corrected chi connectivity index (χ2v) is 6.73. The number of nitrogens with zero attached hydrogens (tertiary/aromatic N) is 4. The van der Waals surface area contributed by atoms with Crippen LogP contribution in [0, 0.1) is 6.92 Å². The Morgan fingerprint density at radius 3 is 2.74 bits per heavy atom. The molecule has 1 saturated heterocycles. The van der Waals surface area contributed by atoms with Crippen LogP contribution in [-0.4, -0.2) is 51.9 Å². The Morgan fingerprint density at radius 2 is 2.09 bits per heavy atom. The van der Waals surface area contributed by atoms with Gasteiger partial charge in [-0.3, -0.25) is 14.7 Å². The van der Waals surface area contributed by atoms with Crippen molar-refractivity contribution in [2.75, 3.05) is 26.2 Å². The fourth-order valence-electron chi connectivity index (χ4n) is 2.72. The van der Waals surface area contributed by atoms with Gasteiger partial charge in [-0.2, -0.15) is 0 Å². The van der Waals surface area contributed by atoms with E-state index >= 15 is 0 Å². The highest BCUT2D eigenvalue weighted by molar-refractivity contribution is 7.09. The predicted octanol–water partition coefficient (Wildman–Crippen LogP) is 1.26. The second-order valence-electron chi connectivity index (χ2n) is 5.67. The second kappa shape index (κ2) is 7.16. The predicted molar refractivity (Wildman–Crippen MR) is 90.2 cm³/mol. The molecule has 0 aliphatic carbocycles. The summed E-state index contributed by atoms with van der Waals surface area (Å²) in [6.45, 7) is 6.45. The molecule has 0 atom stereocenters. The van der Waals surface area contributed by atoms with E-state index < -0.39 is 0 Å². The highest BCUT2D eigenvalue weighted by atomic mass is 32.1. The topological polar surface area (TPSA) is 75.4 Å². The van der Waals surface area contributed by atoms with Gasteiger partial charge in [0.25, 0.3) is 5.91 Å². The first-order valence-electron chi connectivity index (χ1n) is 7.73. The number of pyridine rings is 1. The molecule has 0 aromatic carbocycles. The van der Waals surface area contributed by atoms with E-state index in [9.17, 15) is 4.79 Å². The van der Waals surface area contributed by atoms with Crippen molar-refractivity contribution in [1.82, 2.24) is 19.8 Å². The van der Waals surface area contributed by atoms with Crippen molar-refractivity contribution >= 4 is 17.2 Å². The monoisotopic (exact) mass is 331 g/mol. The van der Waals surface area contributed by atoms with Crippen LogP contribution in [0.1, 0.15) is 26.8 Å². The summed E-state index contributed by atoms with van der Waals surface area (Å²) in [5, 5.41) is 3.21. The summed E-state index contributed by atoms with van der Waals surface area (Å²) < 4.78 is 0. The summed E-state index contributed by atoms with van der Waals surface area (Å²) in [6, 6.07) is 3.54. The van der Waals surface area contributed by atoms with Crippen molar-refractivity contribution in [3.8, 4) is 0 Å². The van der Waals surface area contributed by atoms with Crippen molar-refractivity contribution in [3.63, 3.8) is 0 Å². The fourth-order valence-corrected chi connectivity index (χ4v) is 3.33. The van der Waals surface area contributed by atoms with Crippen molar-refractivity contribution in [2.45, 2.75) is 20.0 Å². The quantitative estimate of drug-likeness (QED) is 0.913. The lowest BCUT2D eigenvalue weighted by Gasteiger charge is -2.34. The standard InChI is InChI=1S/C16H21N5OS/c1-12-19-15(11-23-12)10-20-4-6-21(7-5-20)16(22)13-2-3-18-14(8-13)9-17/h2-3,8,11H,4-7,9-10,17H2,1H3. The number of nitrogens with two attached hydrogens (primary N) is 1. The van der Waals surface area contributed by atoms with Gasteiger partial charge < -0.3 is 10.6 Å². The highest BCUT2D eigenvalue weighted by Crippen LogP contribution is 2.14. The van der Waals surface area contributed by atoms with E-state index in [-0.39, 0.29) is 5.91 Å². The van der Waals surface area contributed by atoms with E-state index in [1.54, 1.807) is 29.7 Å². The molecule has 0 spiro atoms. The lowest BCUT2D eigenvalue weighted by atomic mass is 10.2. The Labute approximate surface area is 140 Å². The van der Waals surface area contributed by atoms with E-state index in [1.807, 2.05) is 11.8 Å². The molecule has 7 heteroatoms. The van der Waals surface area contributed by atoms with Crippen molar-refractivity contribution in [3.05, 3.63) is 45.7 Å². The van der Waals surface area contributed by atoms with Gasteiger partial charge >= 0.3 is 0 Å². The molecule has 0 saturated carbocycles. The molecule has 1 aliphatic heterocycles. The fraction of sp³-hybridized carbons (Fsp3) is 0.438. The summed E-state index contributed by atoms with van der Waals surface area (Å²) in [6.07, 6.45) is 1.65. The maximum absolute atomic E-state index is 12.6. The molecule has 3 heterocycles. The van der Waals surface area contributed by atoms with Crippen molar-refractivity contribution < 1.29 is 4.79 Å². The minimum atomic E-state index is 0.0613. The van der Waals surface area contributed by atoms with Crippen LogP contribution in [-0.2, 0) is 13.1 Å². The summed E-state index contributed by atoms with van der Waals surface area (Å²) in [7, 11) is 0. The summed E-state index contributed by atoms with van der Waals surface area (Å²) in [4.78, 5) is 25.4. The SMILES string of the molecule is Cc1nc(CN2CCN(C(=O)c3ccnc(CN)c3)CC2)cs1. The van der Waals surface area contributed by atoms with Gasteiger partial charge in [-0.1, -0.05) is 0 Å². The molecule has 0 unspecified atom stereocenters. The average molecular weight is 331 g/mol. The Hall–Kier alpha value is -1.83. The van der Waals surface area contributed by atoms with E-state index in [2.05, 4.69) is 20.2 Å². The van der Waals surface area contributed by atoms with E-state index in [4.69, 9.17) is 5.73 Å². The molecule has 1 fully saturated rings. The van der Waals surface area contributed by atoms with Gasteiger partial charge in [-0.15, -0.1) is 11.3 Å². The third-order valence-corrected chi connectivity index (χ3v) is 4.81. The summed E-state index contributed by atoms with van der Waals surface area (Å²) in [5.74, 6) is 0.0613. The van der Waals surface area contributed by atoms with Crippen LogP contribution in [0.2, 0.25) is 0 Å². The Bertz CT molecular complexity index is 679. The zero-order valence-electron chi connectivity index (χ0n) is 13.2. The van der Waals surface area contributed by atoms with Crippen LogP contribution in [0.25, 0.3) is 0 Å². The smallest absolute Gasteiger partial charge is 0.254 e. The van der Waals surface area contributed by atoms with Crippen molar-refractivity contribution in [1.29, 1.82) is 0 Å². The zero-order chi connectivity index (χ0) is 16.2. The molecule has 0 radical (unpaired) electrons. The minimum Gasteiger partial charge on any atom is -0.336 e. The van der Waals surface area contributed by atoms with E-state index in [0.29, 0.717) is 12.1 Å².